The molecular weight excluding hydrogens is 494 g/mol. The minimum Gasteiger partial charge on any atom is -0.364 e. The van der Waals surface area contributed by atoms with Gasteiger partial charge in [0.1, 0.15) is 5.82 Å². The van der Waals surface area contributed by atoms with Gasteiger partial charge in [-0.3, -0.25) is 9.69 Å². The van der Waals surface area contributed by atoms with Crippen LogP contribution in [0.2, 0.25) is 0 Å². The monoisotopic (exact) mass is 533 g/mol. The van der Waals surface area contributed by atoms with Crippen molar-refractivity contribution in [3.63, 3.8) is 0 Å². The third-order valence-corrected chi connectivity index (χ3v) is 8.85. The molecular formula is C28H39N9O2. The lowest BCUT2D eigenvalue weighted by molar-refractivity contribution is 0.0996. The van der Waals surface area contributed by atoms with Crippen molar-refractivity contribution in [1.82, 2.24) is 30.0 Å². The van der Waals surface area contributed by atoms with Crippen molar-refractivity contribution in [2.24, 2.45) is 5.73 Å². The van der Waals surface area contributed by atoms with Gasteiger partial charge in [-0.05, 0) is 62.4 Å². The molecule has 4 aliphatic rings. The van der Waals surface area contributed by atoms with Crippen LogP contribution in [0.4, 0.5) is 22.1 Å². The number of anilines is 3. The molecule has 39 heavy (non-hydrogen) atoms. The summed E-state index contributed by atoms with van der Waals surface area (Å²) in [6.07, 6.45) is 5.90. The molecule has 4 N–H and O–H groups in total. The maximum Gasteiger partial charge on any atom is 0.320 e. The van der Waals surface area contributed by atoms with E-state index in [9.17, 15) is 9.59 Å². The average Bonchev–Trinajstić information content (AvgIpc) is 3.26. The van der Waals surface area contributed by atoms with Gasteiger partial charge < -0.3 is 31.1 Å². The number of carbonyl (C=O) groups is 2. The van der Waals surface area contributed by atoms with Crippen LogP contribution in [0, 0.1) is 0 Å². The predicted octanol–water partition coefficient (Wildman–Crippen LogP) is 1.81. The molecule has 0 spiro atoms. The normalized spacial score (nSPS) is 23.3. The third kappa shape index (κ3) is 5.38. The van der Waals surface area contributed by atoms with E-state index in [1.807, 2.05) is 24.1 Å². The Morgan fingerprint density at radius 1 is 1.03 bits per heavy atom. The number of likely N-dealkylation sites (tertiary alicyclic amines) is 1. The standard InChI is InChI=1S/C28H39N9O2/c1-34-13-14-37(28(34)39)22-3-2-10-36(18-22)24-17-31-25(26(29)38)27(33-24)32-21-6-4-19(5-7-21)20-8-11-35(12-9-20)23-15-30-16-23/h4-7,17,20,22-23,30H,2-3,8-16,18H2,1H3,(H2,29,38)(H,32,33)/t22-/m1/s1. The Bertz CT molecular complexity index is 1190. The van der Waals surface area contributed by atoms with Crippen LogP contribution in [-0.4, -0.2) is 108 Å². The number of nitrogens with zero attached hydrogens (tertiary/aromatic N) is 6. The van der Waals surface area contributed by atoms with Gasteiger partial charge in [-0.15, -0.1) is 0 Å². The molecule has 208 valence electrons. The van der Waals surface area contributed by atoms with Crippen LogP contribution >= 0.6 is 0 Å². The van der Waals surface area contributed by atoms with Crippen LogP contribution in [0.25, 0.3) is 0 Å². The van der Waals surface area contributed by atoms with Gasteiger partial charge in [-0.1, -0.05) is 12.1 Å². The number of piperidine rings is 2. The van der Waals surface area contributed by atoms with E-state index in [-0.39, 0.29) is 17.8 Å². The summed E-state index contributed by atoms with van der Waals surface area (Å²) in [5, 5.41) is 6.66. The maximum atomic E-state index is 12.5. The topological polar surface area (TPSA) is 123 Å². The van der Waals surface area contributed by atoms with E-state index < -0.39 is 5.91 Å². The molecule has 0 bridgehead atoms. The number of urea groups is 1. The highest BCUT2D eigenvalue weighted by atomic mass is 16.2. The van der Waals surface area contributed by atoms with Gasteiger partial charge in [0.25, 0.3) is 5.91 Å². The molecule has 0 unspecified atom stereocenters. The van der Waals surface area contributed by atoms with E-state index >= 15 is 0 Å². The lowest BCUT2D eigenvalue weighted by Crippen LogP contribution is -2.58. The van der Waals surface area contributed by atoms with Gasteiger partial charge in [0.2, 0.25) is 0 Å². The number of hydrogen-bond donors (Lipinski definition) is 3. The Balaban J connectivity index is 1.13. The molecule has 0 saturated carbocycles. The number of likely N-dealkylation sites (N-methyl/N-ethyl adjacent to an activating group) is 1. The van der Waals surface area contributed by atoms with Gasteiger partial charge >= 0.3 is 6.03 Å². The Hall–Kier alpha value is -3.44. The molecule has 2 aromatic rings. The summed E-state index contributed by atoms with van der Waals surface area (Å²) in [4.78, 5) is 42.4. The first-order chi connectivity index (χ1) is 19.0. The number of carbonyl (C=O) groups excluding carboxylic acids is 2. The molecule has 11 heteroatoms. The Kier molecular flexibility index (Phi) is 7.26. The Labute approximate surface area is 229 Å². The fourth-order valence-corrected chi connectivity index (χ4v) is 6.33. The molecule has 5 heterocycles. The van der Waals surface area contributed by atoms with E-state index in [1.165, 1.54) is 18.4 Å². The van der Waals surface area contributed by atoms with Gasteiger partial charge in [0.05, 0.1) is 12.2 Å². The molecule has 1 aromatic carbocycles. The molecule has 1 aromatic heterocycles. The van der Waals surface area contributed by atoms with Crippen LogP contribution in [0.5, 0.6) is 0 Å². The van der Waals surface area contributed by atoms with Crippen molar-refractivity contribution in [1.29, 1.82) is 0 Å². The van der Waals surface area contributed by atoms with E-state index in [0.29, 0.717) is 30.1 Å². The zero-order valence-electron chi connectivity index (χ0n) is 22.7. The molecule has 6 rings (SSSR count). The summed E-state index contributed by atoms with van der Waals surface area (Å²) in [6, 6.07) is 9.38. The van der Waals surface area contributed by atoms with E-state index in [0.717, 1.165) is 64.3 Å². The molecule has 4 aliphatic heterocycles. The van der Waals surface area contributed by atoms with E-state index in [4.69, 9.17) is 10.7 Å². The largest absolute Gasteiger partial charge is 0.364 e. The minimum absolute atomic E-state index is 0.0871. The molecule has 11 nitrogen and oxygen atoms in total. The highest BCUT2D eigenvalue weighted by molar-refractivity contribution is 5.96. The first-order valence-corrected chi connectivity index (χ1v) is 14.2. The lowest BCUT2D eigenvalue weighted by atomic mass is 9.88. The number of nitrogens with one attached hydrogen (secondary N) is 2. The number of benzene rings is 1. The highest BCUT2D eigenvalue weighted by Gasteiger charge is 2.35. The minimum atomic E-state index is -0.621. The van der Waals surface area contributed by atoms with Crippen LogP contribution in [0.3, 0.4) is 0 Å². The fraction of sp³-hybridized carbons (Fsp3) is 0.571. The van der Waals surface area contributed by atoms with Gasteiger partial charge in [0, 0.05) is 58.0 Å². The smallest absolute Gasteiger partial charge is 0.320 e. The van der Waals surface area contributed by atoms with Crippen molar-refractivity contribution in [3.8, 4) is 0 Å². The van der Waals surface area contributed by atoms with Crippen molar-refractivity contribution in [3.05, 3.63) is 41.7 Å². The summed E-state index contributed by atoms with van der Waals surface area (Å²) in [6.45, 7) is 7.57. The summed E-state index contributed by atoms with van der Waals surface area (Å²) in [5.74, 6) is 0.984. The van der Waals surface area contributed by atoms with Crippen LogP contribution in [0.1, 0.15) is 47.7 Å². The molecule has 3 amide bonds. The lowest BCUT2D eigenvalue weighted by Gasteiger charge is -2.42. The van der Waals surface area contributed by atoms with Crippen molar-refractivity contribution >= 4 is 29.3 Å². The second-order valence-electron chi connectivity index (χ2n) is 11.3. The number of amides is 3. The van der Waals surface area contributed by atoms with Gasteiger partial charge in [-0.25, -0.2) is 14.8 Å². The summed E-state index contributed by atoms with van der Waals surface area (Å²) in [5.41, 5.74) is 7.95. The molecule has 0 radical (unpaired) electrons. The quantitative estimate of drug-likeness (QED) is 0.493. The van der Waals surface area contributed by atoms with Crippen LogP contribution in [0.15, 0.2) is 30.5 Å². The first kappa shape index (κ1) is 25.8. The number of nitrogens with two attached hydrogens (primary N) is 1. The number of aromatic nitrogens is 2. The SMILES string of the molecule is CN1CCN([C@@H]2CCCN(c3cnc(C(N)=O)c(Nc4ccc(C5CCN(C6CNC6)CC5)cc4)n3)C2)C1=O. The zero-order valence-corrected chi connectivity index (χ0v) is 22.7. The maximum absolute atomic E-state index is 12.5. The second-order valence-corrected chi connectivity index (χ2v) is 11.3. The van der Waals surface area contributed by atoms with Gasteiger partial charge in [-0.2, -0.15) is 0 Å². The van der Waals surface area contributed by atoms with Crippen molar-refractivity contribution in [2.75, 3.05) is 69.6 Å². The number of rotatable bonds is 7. The molecule has 4 saturated heterocycles. The van der Waals surface area contributed by atoms with Gasteiger partial charge in [0.15, 0.2) is 11.5 Å². The number of hydrogen-bond acceptors (Lipinski definition) is 8. The zero-order chi connectivity index (χ0) is 26.9. The summed E-state index contributed by atoms with van der Waals surface area (Å²) >= 11 is 0. The second kappa shape index (κ2) is 11.0. The fourth-order valence-electron chi connectivity index (χ4n) is 6.33. The van der Waals surface area contributed by atoms with Crippen molar-refractivity contribution < 1.29 is 9.59 Å². The Morgan fingerprint density at radius 3 is 2.44 bits per heavy atom. The molecule has 4 fully saturated rings. The first-order valence-electron chi connectivity index (χ1n) is 14.2. The Morgan fingerprint density at radius 2 is 1.79 bits per heavy atom. The van der Waals surface area contributed by atoms with E-state index in [1.54, 1.807) is 11.1 Å². The average molecular weight is 534 g/mol. The number of primary amides is 1. The van der Waals surface area contributed by atoms with Crippen molar-refractivity contribution in [2.45, 2.75) is 43.7 Å². The molecule has 1 atom stereocenters. The predicted molar refractivity (Wildman–Crippen MR) is 150 cm³/mol. The molecule has 0 aliphatic carbocycles. The van der Waals surface area contributed by atoms with E-state index in [2.05, 4.69) is 37.6 Å². The summed E-state index contributed by atoms with van der Waals surface area (Å²) in [7, 11) is 1.85. The third-order valence-electron chi connectivity index (χ3n) is 8.85. The van der Waals surface area contributed by atoms with Crippen LogP contribution in [-0.2, 0) is 0 Å². The van der Waals surface area contributed by atoms with Crippen LogP contribution < -0.4 is 21.3 Å². The summed E-state index contributed by atoms with van der Waals surface area (Å²) < 4.78 is 0. The highest BCUT2D eigenvalue weighted by Crippen LogP contribution is 2.31.